The van der Waals surface area contributed by atoms with Crippen molar-refractivity contribution in [3.63, 3.8) is 0 Å². The van der Waals surface area contributed by atoms with Crippen LogP contribution in [0.1, 0.15) is 36.9 Å². The van der Waals surface area contributed by atoms with Crippen LogP contribution in [0.4, 0.5) is 5.82 Å². The molecule has 0 fully saturated rings. The van der Waals surface area contributed by atoms with Gasteiger partial charge in [0.25, 0.3) is 5.56 Å². The van der Waals surface area contributed by atoms with Crippen LogP contribution < -0.4 is 16.6 Å². The molecule has 3 N–H and O–H groups in total. The Morgan fingerprint density at radius 1 is 1.50 bits per heavy atom. The smallest absolute Gasteiger partial charge is 0.252 e. The zero-order valence-corrected chi connectivity index (χ0v) is 9.92. The van der Waals surface area contributed by atoms with E-state index in [0.29, 0.717) is 0 Å². The summed E-state index contributed by atoms with van der Waals surface area (Å²) < 4.78 is 1.82. The first-order valence-electron chi connectivity index (χ1n) is 5.85. The highest BCUT2D eigenvalue weighted by Gasteiger charge is 2.17. The van der Waals surface area contributed by atoms with E-state index in [-0.39, 0.29) is 11.6 Å². The van der Waals surface area contributed by atoms with Gasteiger partial charge in [0, 0.05) is 30.8 Å². The molecule has 2 rings (SSSR count). The Morgan fingerprint density at radius 2 is 2.25 bits per heavy atom. The lowest BCUT2D eigenvalue weighted by atomic mass is 10.0. The van der Waals surface area contributed by atoms with Gasteiger partial charge in [-0.2, -0.15) is 0 Å². The van der Waals surface area contributed by atoms with Crippen LogP contribution in [-0.2, 0) is 6.54 Å². The van der Waals surface area contributed by atoms with Gasteiger partial charge in [-0.1, -0.05) is 0 Å². The summed E-state index contributed by atoms with van der Waals surface area (Å²) in [7, 11) is 0. The fourth-order valence-electron chi connectivity index (χ4n) is 2.37. The monoisotopic (exact) mass is 221 g/mol. The number of fused-ring (bicyclic) bond motifs is 1. The fourth-order valence-corrected chi connectivity index (χ4v) is 2.37. The summed E-state index contributed by atoms with van der Waals surface area (Å²) in [4.78, 5) is 11.9. The summed E-state index contributed by atoms with van der Waals surface area (Å²) >= 11 is 0. The van der Waals surface area contributed by atoms with Crippen LogP contribution >= 0.6 is 0 Å². The number of hydrogen-bond acceptors (Lipinski definition) is 3. The van der Waals surface area contributed by atoms with Crippen molar-refractivity contribution in [1.82, 2.24) is 4.57 Å². The summed E-state index contributed by atoms with van der Waals surface area (Å²) in [6, 6.07) is 1.64. The number of nitrogens with zero attached hydrogens (tertiary/aromatic N) is 1. The second-order valence-corrected chi connectivity index (χ2v) is 4.50. The quantitative estimate of drug-likeness (QED) is 0.753. The molecule has 0 saturated heterocycles. The van der Waals surface area contributed by atoms with Crippen LogP contribution in [0.5, 0.6) is 0 Å². The van der Waals surface area contributed by atoms with E-state index < -0.39 is 0 Å². The molecule has 0 bridgehead atoms. The summed E-state index contributed by atoms with van der Waals surface area (Å²) in [5, 5.41) is 3.34. The number of aryl methyl sites for hydroxylation is 1. The van der Waals surface area contributed by atoms with Gasteiger partial charge in [-0.3, -0.25) is 9.36 Å². The number of anilines is 1. The van der Waals surface area contributed by atoms with E-state index in [1.54, 1.807) is 6.07 Å². The lowest BCUT2D eigenvalue weighted by Gasteiger charge is -2.19. The molecule has 4 heteroatoms. The standard InChI is InChI=1S/C12H19N3O/c1-8-7-10(16)15-6-4-3-5-14-12(15)11(8)9(2)13/h7,9,14H,3-6,13H2,1-2H3. The van der Waals surface area contributed by atoms with E-state index in [9.17, 15) is 4.79 Å². The van der Waals surface area contributed by atoms with Crippen molar-refractivity contribution in [3.05, 3.63) is 27.5 Å². The van der Waals surface area contributed by atoms with Crippen LogP contribution in [0.15, 0.2) is 10.9 Å². The Bertz CT molecular complexity index is 448. The predicted octanol–water partition coefficient (Wildman–Crippen LogP) is 1.38. The number of hydrogen-bond donors (Lipinski definition) is 2. The molecule has 1 aromatic heterocycles. The second-order valence-electron chi connectivity index (χ2n) is 4.50. The van der Waals surface area contributed by atoms with Crippen LogP contribution in [-0.4, -0.2) is 11.1 Å². The van der Waals surface area contributed by atoms with Gasteiger partial charge in [0.2, 0.25) is 0 Å². The molecule has 0 amide bonds. The molecule has 16 heavy (non-hydrogen) atoms. The molecule has 0 spiro atoms. The first-order chi connectivity index (χ1) is 7.61. The van der Waals surface area contributed by atoms with Gasteiger partial charge in [0.1, 0.15) is 5.82 Å². The molecule has 0 aliphatic carbocycles. The maximum Gasteiger partial charge on any atom is 0.252 e. The maximum atomic E-state index is 11.9. The number of nitrogens with two attached hydrogens (primary N) is 1. The highest BCUT2D eigenvalue weighted by molar-refractivity contribution is 5.51. The van der Waals surface area contributed by atoms with Crippen LogP contribution in [0.25, 0.3) is 0 Å². The lowest BCUT2D eigenvalue weighted by Crippen LogP contribution is -2.25. The van der Waals surface area contributed by atoms with Gasteiger partial charge in [0.05, 0.1) is 0 Å². The van der Waals surface area contributed by atoms with Crippen molar-refractivity contribution >= 4 is 5.82 Å². The summed E-state index contributed by atoms with van der Waals surface area (Å²) in [5.41, 5.74) is 8.12. The van der Waals surface area contributed by atoms with E-state index in [0.717, 1.165) is 42.9 Å². The highest BCUT2D eigenvalue weighted by atomic mass is 16.1. The zero-order chi connectivity index (χ0) is 11.7. The lowest BCUT2D eigenvalue weighted by molar-refractivity contribution is 0.630. The molecule has 1 aromatic rings. The third-order valence-corrected chi connectivity index (χ3v) is 3.11. The average Bonchev–Trinajstić information content (AvgIpc) is 2.42. The number of rotatable bonds is 1. The summed E-state index contributed by atoms with van der Waals surface area (Å²) in [6.07, 6.45) is 2.14. The molecule has 88 valence electrons. The van der Waals surface area contributed by atoms with Crippen molar-refractivity contribution in [2.75, 3.05) is 11.9 Å². The van der Waals surface area contributed by atoms with Gasteiger partial charge >= 0.3 is 0 Å². The SMILES string of the molecule is Cc1cc(=O)n2c(c1C(C)N)NCCCC2. The third kappa shape index (κ3) is 1.85. The van der Waals surface area contributed by atoms with Gasteiger partial charge in [0.15, 0.2) is 0 Å². The summed E-state index contributed by atoms with van der Waals surface area (Å²) in [5.74, 6) is 0.928. The van der Waals surface area contributed by atoms with Crippen LogP contribution in [0.3, 0.4) is 0 Å². The maximum absolute atomic E-state index is 11.9. The molecular formula is C12H19N3O. The fraction of sp³-hybridized carbons (Fsp3) is 0.583. The molecular weight excluding hydrogens is 202 g/mol. The van der Waals surface area contributed by atoms with E-state index in [1.807, 2.05) is 18.4 Å². The number of pyridine rings is 1. The zero-order valence-electron chi connectivity index (χ0n) is 9.92. The van der Waals surface area contributed by atoms with E-state index >= 15 is 0 Å². The average molecular weight is 221 g/mol. The van der Waals surface area contributed by atoms with Crippen molar-refractivity contribution < 1.29 is 0 Å². The highest BCUT2D eigenvalue weighted by Crippen LogP contribution is 2.25. The van der Waals surface area contributed by atoms with E-state index in [2.05, 4.69) is 5.32 Å². The molecule has 1 aliphatic rings. The molecule has 1 atom stereocenters. The normalized spacial score (nSPS) is 17.2. The molecule has 0 radical (unpaired) electrons. The van der Waals surface area contributed by atoms with Gasteiger partial charge in [-0.25, -0.2) is 0 Å². The third-order valence-electron chi connectivity index (χ3n) is 3.11. The Balaban J connectivity index is 2.66. The first kappa shape index (κ1) is 11.2. The van der Waals surface area contributed by atoms with Gasteiger partial charge in [-0.15, -0.1) is 0 Å². The number of nitrogens with one attached hydrogen (secondary N) is 1. The van der Waals surface area contributed by atoms with E-state index in [4.69, 9.17) is 5.73 Å². The van der Waals surface area contributed by atoms with Crippen molar-refractivity contribution in [2.24, 2.45) is 5.73 Å². The molecule has 1 aliphatic heterocycles. The first-order valence-corrected chi connectivity index (χ1v) is 5.85. The summed E-state index contributed by atoms with van der Waals surface area (Å²) in [6.45, 7) is 5.62. The minimum Gasteiger partial charge on any atom is -0.371 e. The van der Waals surface area contributed by atoms with Crippen LogP contribution in [0, 0.1) is 6.92 Å². The van der Waals surface area contributed by atoms with Crippen LogP contribution in [0.2, 0.25) is 0 Å². The minimum atomic E-state index is -0.0487. The van der Waals surface area contributed by atoms with E-state index in [1.165, 1.54) is 0 Å². The Morgan fingerprint density at radius 3 is 2.94 bits per heavy atom. The number of aromatic nitrogens is 1. The van der Waals surface area contributed by atoms with Crippen molar-refractivity contribution in [3.8, 4) is 0 Å². The van der Waals surface area contributed by atoms with Crippen molar-refractivity contribution in [1.29, 1.82) is 0 Å². The molecule has 0 saturated carbocycles. The Hall–Kier alpha value is -1.29. The molecule has 2 heterocycles. The Kier molecular flexibility index (Phi) is 3.01. The molecule has 1 unspecified atom stereocenters. The predicted molar refractivity (Wildman–Crippen MR) is 65.8 cm³/mol. The molecule has 4 nitrogen and oxygen atoms in total. The Labute approximate surface area is 95.5 Å². The largest absolute Gasteiger partial charge is 0.371 e. The molecule has 0 aromatic carbocycles. The van der Waals surface area contributed by atoms with Crippen molar-refractivity contribution in [2.45, 2.75) is 39.3 Å². The second kappa shape index (κ2) is 4.29. The van der Waals surface area contributed by atoms with Gasteiger partial charge < -0.3 is 11.1 Å². The minimum absolute atomic E-state index is 0.0487. The van der Waals surface area contributed by atoms with Gasteiger partial charge in [-0.05, 0) is 32.3 Å². The topological polar surface area (TPSA) is 60.0 Å².